The van der Waals surface area contributed by atoms with Gasteiger partial charge in [-0.2, -0.15) is 0 Å². The molecule has 6 nitrogen and oxygen atoms in total. The second-order valence-corrected chi connectivity index (χ2v) is 4.52. The van der Waals surface area contributed by atoms with Gasteiger partial charge in [-0.25, -0.2) is 9.18 Å². The van der Waals surface area contributed by atoms with Crippen LogP contribution in [0.5, 0.6) is 5.75 Å². The van der Waals surface area contributed by atoms with Gasteiger partial charge in [0.25, 0.3) is 5.91 Å². The number of aliphatic hydroxyl groups excluding tert-OH is 1. The highest BCUT2D eigenvalue weighted by Gasteiger charge is 2.40. The van der Waals surface area contributed by atoms with E-state index in [-0.39, 0.29) is 24.3 Å². The highest BCUT2D eigenvalue weighted by molar-refractivity contribution is 5.99. The second kappa shape index (κ2) is 5.46. The summed E-state index contributed by atoms with van der Waals surface area (Å²) in [7, 11) is 1.29. The quantitative estimate of drug-likeness (QED) is 0.843. The Morgan fingerprint density at radius 1 is 1.45 bits per heavy atom. The zero-order valence-corrected chi connectivity index (χ0v) is 10.7. The maximum absolute atomic E-state index is 13.8. The van der Waals surface area contributed by atoms with Crippen LogP contribution in [0.25, 0.3) is 0 Å². The number of carboxylic acids is 1. The Balaban J connectivity index is 2.38. The van der Waals surface area contributed by atoms with Gasteiger partial charge in [-0.1, -0.05) is 6.07 Å². The van der Waals surface area contributed by atoms with Crippen molar-refractivity contribution < 1.29 is 28.9 Å². The second-order valence-electron chi connectivity index (χ2n) is 4.52. The first-order valence-electron chi connectivity index (χ1n) is 6.00. The average molecular weight is 283 g/mol. The van der Waals surface area contributed by atoms with Crippen LogP contribution >= 0.6 is 0 Å². The van der Waals surface area contributed by atoms with E-state index in [1.165, 1.54) is 19.2 Å². The number of aliphatic carboxylic acids is 1. The minimum atomic E-state index is -1.23. The molecule has 1 saturated heterocycles. The van der Waals surface area contributed by atoms with Gasteiger partial charge in [0.15, 0.2) is 0 Å². The molecular weight excluding hydrogens is 269 g/mol. The first-order chi connectivity index (χ1) is 9.45. The fraction of sp³-hybridized carbons (Fsp3) is 0.385. The standard InChI is InChI=1S/C13H14FNO5/c1-20-10-4-2-3-8(14)11(10)12(17)15-6-7(16)5-9(15)13(18)19/h2-4,7,9,16H,5-6H2,1H3,(H,18,19). The number of aliphatic hydroxyl groups is 1. The van der Waals surface area contributed by atoms with E-state index in [4.69, 9.17) is 9.84 Å². The fourth-order valence-corrected chi connectivity index (χ4v) is 2.30. The Bertz CT molecular complexity index is 548. The third-order valence-electron chi connectivity index (χ3n) is 3.23. The number of carboxylic acid groups (broad SMARTS) is 1. The normalized spacial score (nSPS) is 21.9. The van der Waals surface area contributed by atoms with Crippen molar-refractivity contribution in [2.45, 2.75) is 18.6 Å². The number of hydrogen-bond donors (Lipinski definition) is 2. The number of methoxy groups -OCH3 is 1. The lowest BCUT2D eigenvalue weighted by atomic mass is 10.1. The highest BCUT2D eigenvalue weighted by atomic mass is 19.1. The zero-order chi connectivity index (χ0) is 14.9. The summed E-state index contributed by atoms with van der Waals surface area (Å²) in [6.07, 6.45) is -1.00. The smallest absolute Gasteiger partial charge is 0.326 e. The Hall–Kier alpha value is -2.15. The minimum Gasteiger partial charge on any atom is -0.496 e. The molecule has 1 aromatic rings. The number of amides is 1. The van der Waals surface area contributed by atoms with E-state index in [9.17, 15) is 19.1 Å². The number of rotatable bonds is 3. The number of halogens is 1. The lowest BCUT2D eigenvalue weighted by Gasteiger charge is -2.22. The maximum atomic E-state index is 13.8. The van der Waals surface area contributed by atoms with Crippen molar-refractivity contribution in [1.29, 1.82) is 0 Å². The van der Waals surface area contributed by atoms with E-state index >= 15 is 0 Å². The van der Waals surface area contributed by atoms with E-state index in [1.54, 1.807) is 0 Å². The van der Waals surface area contributed by atoms with Crippen LogP contribution in [0.4, 0.5) is 4.39 Å². The fourth-order valence-electron chi connectivity index (χ4n) is 2.30. The Morgan fingerprint density at radius 2 is 2.15 bits per heavy atom. The summed E-state index contributed by atoms with van der Waals surface area (Å²) < 4.78 is 18.8. The van der Waals surface area contributed by atoms with Crippen LogP contribution in [0.1, 0.15) is 16.8 Å². The largest absolute Gasteiger partial charge is 0.496 e. The van der Waals surface area contributed by atoms with Crippen molar-refractivity contribution in [3.8, 4) is 5.75 Å². The molecule has 20 heavy (non-hydrogen) atoms. The first-order valence-corrected chi connectivity index (χ1v) is 6.00. The van der Waals surface area contributed by atoms with E-state index in [0.29, 0.717) is 0 Å². The number of benzene rings is 1. The molecule has 1 aliphatic rings. The average Bonchev–Trinajstić information content (AvgIpc) is 2.80. The number of likely N-dealkylation sites (tertiary alicyclic amines) is 1. The molecule has 0 saturated carbocycles. The molecular formula is C13H14FNO5. The van der Waals surface area contributed by atoms with Crippen LogP contribution in [0.15, 0.2) is 18.2 Å². The lowest BCUT2D eigenvalue weighted by molar-refractivity contribution is -0.141. The summed E-state index contributed by atoms with van der Waals surface area (Å²) in [6, 6.07) is 2.73. The van der Waals surface area contributed by atoms with Crippen molar-refractivity contribution in [2.24, 2.45) is 0 Å². The van der Waals surface area contributed by atoms with E-state index < -0.39 is 29.8 Å². The topological polar surface area (TPSA) is 87.1 Å². The Kier molecular flexibility index (Phi) is 3.89. The molecule has 2 atom stereocenters. The van der Waals surface area contributed by atoms with E-state index in [2.05, 4.69) is 0 Å². The van der Waals surface area contributed by atoms with Gasteiger partial charge in [0.2, 0.25) is 0 Å². The minimum absolute atomic E-state index is 0.0283. The number of β-amino-alcohol motifs (C(OH)–C–C–N with tert-alkyl or cyclic N) is 1. The summed E-state index contributed by atoms with van der Waals surface area (Å²) in [5.74, 6) is -2.80. The van der Waals surface area contributed by atoms with Crippen molar-refractivity contribution in [1.82, 2.24) is 4.90 Å². The molecule has 108 valence electrons. The molecule has 1 heterocycles. The number of carbonyl (C=O) groups excluding carboxylic acids is 1. The summed E-state index contributed by atoms with van der Waals surface area (Å²) >= 11 is 0. The molecule has 0 spiro atoms. The SMILES string of the molecule is COc1cccc(F)c1C(=O)N1CC(O)CC1C(=O)O. The third kappa shape index (κ3) is 2.44. The van der Waals surface area contributed by atoms with Crippen LogP contribution in [-0.4, -0.2) is 52.8 Å². The molecule has 0 bridgehead atoms. The number of ether oxygens (including phenoxy) is 1. The molecule has 2 N–H and O–H groups in total. The summed E-state index contributed by atoms with van der Waals surface area (Å²) in [5.41, 5.74) is -0.324. The van der Waals surface area contributed by atoms with Gasteiger partial charge < -0.3 is 19.8 Å². The molecule has 1 amide bonds. The van der Waals surface area contributed by atoms with Crippen LogP contribution in [-0.2, 0) is 4.79 Å². The molecule has 1 aromatic carbocycles. The maximum Gasteiger partial charge on any atom is 0.326 e. The van der Waals surface area contributed by atoms with Gasteiger partial charge in [0.05, 0.1) is 13.2 Å². The predicted molar refractivity (Wildman–Crippen MR) is 66.0 cm³/mol. The molecule has 7 heteroatoms. The summed E-state index contributed by atoms with van der Waals surface area (Å²) in [4.78, 5) is 24.4. The molecule has 1 fully saturated rings. The summed E-state index contributed by atoms with van der Waals surface area (Å²) in [6.45, 7) is -0.146. The van der Waals surface area contributed by atoms with Crippen LogP contribution in [0.3, 0.4) is 0 Å². The van der Waals surface area contributed by atoms with Gasteiger partial charge in [0, 0.05) is 13.0 Å². The van der Waals surface area contributed by atoms with Crippen LogP contribution in [0, 0.1) is 5.82 Å². The third-order valence-corrected chi connectivity index (χ3v) is 3.23. The lowest BCUT2D eigenvalue weighted by Crippen LogP contribution is -2.41. The van der Waals surface area contributed by atoms with Crippen LogP contribution < -0.4 is 4.74 Å². The molecule has 0 aliphatic carbocycles. The molecule has 0 radical (unpaired) electrons. The highest BCUT2D eigenvalue weighted by Crippen LogP contribution is 2.27. The number of hydrogen-bond acceptors (Lipinski definition) is 4. The van der Waals surface area contributed by atoms with Crippen molar-refractivity contribution >= 4 is 11.9 Å². The van der Waals surface area contributed by atoms with Crippen molar-refractivity contribution in [3.05, 3.63) is 29.6 Å². The van der Waals surface area contributed by atoms with Gasteiger partial charge in [-0.05, 0) is 12.1 Å². The number of carbonyl (C=O) groups is 2. The van der Waals surface area contributed by atoms with Gasteiger partial charge in [-0.15, -0.1) is 0 Å². The molecule has 1 aliphatic heterocycles. The zero-order valence-electron chi connectivity index (χ0n) is 10.7. The molecule has 2 rings (SSSR count). The molecule has 2 unspecified atom stereocenters. The molecule has 0 aromatic heterocycles. The van der Waals surface area contributed by atoms with E-state index in [0.717, 1.165) is 11.0 Å². The summed E-state index contributed by atoms with van der Waals surface area (Å²) in [5, 5.41) is 18.6. The van der Waals surface area contributed by atoms with Crippen molar-refractivity contribution in [2.75, 3.05) is 13.7 Å². The van der Waals surface area contributed by atoms with Crippen LogP contribution in [0.2, 0.25) is 0 Å². The van der Waals surface area contributed by atoms with Crippen molar-refractivity contribution in [3.63, 3.8) is 0 Å². The Morgan fingerprint density at radius 3 is 2.75 bits per heavy atom. The van der Waals surface area contributed by atoms with Gasteiger partial charge in [0.1, 0.15) is 23.2 Å². The van der Waals surface area contributed by atoms with Gasteiger partial charge in [-0.3, -0.25) is 4.79 Å². The monoisotopic (exact) mass is 283 g/mol. The predicted octanol–water partition coefficient (Wildman–Crippen LogP) is 0.494. The van der Waals surface area contributed by atoms with E-state index in [1.807, 2.05) is 0 Å². The Labute approximate surface area is 114 Å². The number of nitrogens with zero attached hydrogens (tertiary/aromatic N) is 1. The first kappa shape index (κ1) is 14.3. The van der Waals surface area contributed by atoms with Gasteiger partial charge >= 0.3 is 5.97 Å².